The Bertz CT molecular complexity index is 965. The van der Waals surface area contributed by atoms with Crippen molar-refractivity contribution in [1.29, 1.82) is 0 Å². The van der Waals surface area contributed by atoms with E-state index in [4.69, 9.17) is 4.74 Å². The molecule has 0 aromatic heterocycles. The Morgan fingerprint density at radius 1 is 1.00 bits per heavy atom. The first-order chi connectivity index (χ1) is 13.5. The summed E-state index contributed by atoms with van der Waals surface area (Å²) in [5.74, 6) is -2.06. The molecule has 2 aromatic carbocycles. The maximum atomic E-state index is 12.9. The third kappa shape index (κ3) is 6.95. The average Bonchev–Trinajstić information content (AvgIpc) is 2.65. The molecule has 0 bridgehead atoms. The van der Waals surface area contributed by atoms with Crippen molar-refractivity contribution in [3.63, 3.8) is 0 Å². The largest absolute Gasteiger partial charge is 0.455 e. The van der Waals surface area contributed by atoms with E-state index in [9.17, 15) is 22.4 Å². The summed E-state index contributed by atoms with van der Waals surface area (Å²) in [6.45, 7) is 5.00. The third-order valence-corrected chi connectivity index (χ3v) is 5.35. The number of anilines is 1. The number of sulfonamides is 1. The Balaban J connectivity index is 1.80. The lowest BCUT2D eigenvalue weighted by molar-refractivity contribution is -0.146. The first-order valence-electron chi connectivity index (χ1n) is 8.79. The molecule has 0 heterocycles. The van der Waals surface area contributed by atoms with Gasteiger partial charge in [0.25, 0.3) is 5.91 Å². The predicted octanol–water partition coefficient (Wildman–Crippen LogP) is 2.58. The summed E-state index contributed by atoms with van der Waals surface area (Å²) in [6, 6.07) is 11.4. The Kier molecular flexibility index (Phi) is 7.10. The monoisotopic (exact) mass is 422 g/mol. The quantitative estimate of drug-likeness (QED) is 0.668. The number of rotatable bonds is 7. The SMILES string of the molecule is CC(C)(C)c1ccc(NC(=O)COC(=O)CNS(=O)(=O)c2ccc(F)cc2)cc1. The zero-order valence-corrected chi connectivity index (χ0v) is 17.2. The van der Waals surface area contributed by atoms with Gasteiger partial charge in [0, 0.05) is 5.69 Å². The summed E-state index contributed by atoms with van der Waals surface area (Å²) < 4.78 is 43.7. The summed E-state index contributed by atoms with van der Waals surface area (Å²) in [5, 5.41) is 2.59. The zero-order chi connectivity index (χ0) is 21.7. The molecule has 0 fully saturated rings. The van der Waals surface area contributed by atoms with Crippen molar-refractivity contribution in [2.24, 2.45) is 0 Å². The smallest absolute Gasteiger partial charge is 0.321 e. The Hall–Kier alpha value is -2.78. The van der Waals surface area contributed by atoms with Crippen molar-refractivity contribution in [2.45, 2.75) is 31.1 Å². The average molecular weight is 422 g/mol. The summed E-state index contributed by atoms with van der Waals surface area (Å²) in [5.41, 5.74) is 1.64. The number of ether oxygens (including phenoxy) is 1. The highest BCUT2D eigenvalue weighted by Crippen LogP contribution is 2.23. The molecule has 2 aromatic rings. The van der Waals surface area contributed by atoms with Gasteiger partial charge in [-0.05, 0) is 47.4 Å². The first kappa shape index (κ1) is 22.5. The maximum absolute atomic E-state index is 12.9. The van der Waals surface area contributed by atoms with E-state index in [0.29, 0.717) is 5.69 Å². The van der Waals surface area contributed by atoms with E-state index < -0.39 is 40.9 Å². The highest BCUT2D eigenvalue weighted by molar-refractivity contribution is 7.89. The van der Waals surface area contributed by atoms with Crippen LogP contribution in [0.5, 0.6) is 0 Å². The van der Waals surface area contributed by atoms with Crippen LogP contribution in [-0.2, 0) is 29.8 Å². The van der Waals surface area contributed by atoms with Crippen LogP contribution in [0.3, 0.4) is 0 Å². The molecule has 29 heavy (non-hydrogen) atoms. The van der Waals surface area contributed by atoms with Crippen molar-refractivity contribution < 1.29 is 27.1 Å². The minimum Gasteiger partial charge on any atom is -0.455 e. The van der Waals surface area contributed by atoms with E-state index in [0.717, 1.165) is 29.8 Å². The van der Waals surface area contributed by atoms with Gasteiger partial charge in [-0.2, -0.15) is 4.72 Å². The van der Waals surface area contributed by atoms with Gasteiger partial charge in [0.05, 0.1) is 4.90 Å². The second-order valence-corrected chi connectivity index (χ2v) is 9.08. The van der Waals surface area contributed by atoms with Crippen molar-refractivity contribution in [3.05, 3.63) is 59.9 Å². The number of hydrogen-bond acceptors (Lipinski definition) is 5. The normalized spacial score (nSPS) is 11.7. The van der Waals surface area contributed by atoms with E-state index in [1.807, 2.05) is 16.9 Å². The van der Waals surface area contributed by atoms with Gasteiger partial charge in [-0.25, -0.2) is 12.8 Å². The molecule has 0 spiro atoms. The fourth-order valence-electron chi connectivity index (χ4n) is 2.30. The third-order valence-electron chi connectivity index (χ3n) is 3.93. The van der Waals surface area contributed by atoms with Crippen molar-refractivity contribution >= 4 is 27.6 Å². The van der Waals surface area contributed by atoms with E-state index in [1.54, 1.807) is 12.1 Å². The van der Waals surface area contributed by atoms with Crippen LogP contribution in [-0.4, -0.2) is 33.4 Å². The van der Waals surface area contributed by atoms with Gasteiger partial charge < -0.3 is 10.1 Å². The fraction of sp³-hybridized carbons (Fsp3) is 0.300. The van der Waals surface area contributed by atoms with Crippen molar-refractivity contribution in [1.82, 2.24) is 4.72 Å². The van der Waals surface area contributed by atoms with E-state index in [2.05, 4.69) is 26.1 Å². The Morgan fingerprint density at radius 2 is 1.59 bits per heavy atom. The summed E-state index contributed by atoms with van der Waals surface area (Å²) in [4.78, 5) is 23.4. The molecule has 9 heteroatoms. The van der Waals surface area contributed by atoms with Crippen LogP contribution in [0, 0.1) is 5.82 Å². The number of carbonyl (C=O) groups is 2. The van der Waals surface area contributed by atoms with E-state index >= 15 is 0 Å². The lowest BCUT2D eigenvalue weighted by atomic mass is 9.87. The maximum Gasteiger partial charge on any atom is 0.321 e. The molecule has 0 saturated heterocycles. The number of carbonyl (C=O) groups excluding carboxylic acids is 2. The van der Waals surface area contributed by atoms with Crippen LogP contribution in [0.2, 0.25) is 0 Å². The molecule has 0 aliphatic heterocycles. The van der Waals surface area contributed by atoms with Crippen LogP contribution < -0.4 is 10.0 Å². The second-order valence-electron chi connectivity index (χ2n) is 7.31. The predicted molar refractivity (Wildman–Crippen MR) is 106 cm³/mol. The molecule has 2 N–H and O–H groups in total. The molecule has 0 saturated carbocycles. The molecular weight excluding hydrogens is 399 g/mol. The van der Waals surface area contributed by atoms with Crippen LogP contribution >= 0.6 is 0 Å². The molecule has 0 atom stereocenters. The number of esters is 1. The Morgan fingerprint density at radius 3 is 2.14 bits per heavy atom. The number of hydrogen-bond donors (Lipinski definition) is 2. The van der Waals surface area contributed by atoms with Crippen LogP contribution in [0.15, 0.2) is 53.4 Å². The van der Waals surface area contributed by atoms with E-state index in [1.165, 1.54) is 0 Å². The molecule has 0 unspecified atom stereocenters. The minimum absolute atomic E-state index is 0.0146. The van der Waals surface area contributed by atoms with Gasteiger partial charge in [0.15, 0.2) is 6.61 Å². The number of benzene rings is 2. The van der Waals surface area contributed by atoms with Gasteiger partial charge in [0.2, 0.25) is 10.0 Å². The zero-order valence-electron chi connectivity index (χ0n) is 16.4. The summed E-state index contributed by atoms with van der Waals surface area (Å²) in [7, 11) is -3.99. The highest BCUT2D eigenvalue weighted by Gasteiger charge is 2.17. The van der Waals surface area contributed by atoms with E-state index in [-0.39, 0.29) is 10.3 Å². The summed E-state index contributed by atoms with van der Waals surface area (Å²) >= 11 is 0. The van der Waals surface area contributed by atoms with Gasteiger partial charge in [-0.15, -0.1) is 0 Å². The highest BCUT2D eigenvalue weighted by atomic mass is 32.2. The molecule has 0 aliphatic carbocycles. The van der Waals surface area contributed by atoms with Crippen LogP contribution in [0.25, 0.3) is 0 Å². The van der Waals surface area contributed by atoms with Crippen LogP contribution in [0.1, 0.15) is 26.3 Å². The topological polar surface area (TPSA) is 102 Å². The number of halogens is 1. The standard InChI is InChI=1S/C20H23FN2O5S/c1-20(2,3)14-4-8-16(9-5-14)23-18(24)13-28-19(25)12-22-29(26,27)17-10-6-15(21)7-11-17/h4-11,22H,12-13H2,1-3H3,(H,23,24). The summed E-state index contributed by atoms with van der Waals surface area (Å²) in [6.07, 6.45) is 0. The molecular formula is C20H23FN2O5S. The first-order valence-corrected chi connectivity index (χ1v) is 10.3. The number of nitrogens with one attached hydrogen (secondary N) is 2. The van der Waals surface area contributed by atoms with Gasteiger partial charge in [-0.3, -0.25) is 9.59 Å². The van der Waals surface area contributed by atoms with Gasteiger partial charge in [-0.1, -0.05) is 32.9 Å². The molecule has 156 valence electrons. The lowest BCUT2D eigenvalue weighted by Gasteiger charge is -2.19. The molecule has 0 radical (unpaired) electrons. The van der Waals surface area contributed by atoms with Gasteiger partial charge >= 0.3 is 5.97 Å². The molecule has 0 aliphatic rings. The number of amides is 1. The molecule has 1 amide bonds. The molecule has 2 rings (SSSR count). The minimum atomic E-state index is -3.99. The second kappa shape index (κ2) is 9.15. The lowest BCUT2D eigenvalue weighted by Crippen LogP contribution is -2.32. The van der Waals surface area contributed by atoms with Crippen molar-refractivity contribution in [2.75, 3.05) is 18.5 Å². The van der Waals surface area contributed by atoms with Crippen LogP contribution in [0.4, 0.5) is 10.1 Å². The fourth-order valence-corrected chi connectivity index (χ4v) is 3.27. The van der Waals surface area contributed by atoms with Gasteiger partial charge in [0.1, 0.15) is 12.4 Å². The molecule has 7 nitrogen and oxygen atoms in total. The Labute approximate surface area is 169 Å². The van der Waals surface area contributed by atoms with Crippen molar-refractivity contribution in [3.8, 4) is 0 Å².